The minimum atomic E-state index is 0.355. The van der Waals surface area contributed by atoms with Gasteiger partial charge >= 0.3 is 0 Å². The molecule has 0 radical (unpaired) electrons. The summed E-state index contributed by atoms with van der Waals surface area (Å²) in [5.41, 5.74) is 5.95. The van der Waals surface area contributed by atoms with Crippen molar-refractivity contribution in [3.05, 3.63) is 22.3 Å². The number of hydrogen-bond donors (Lipinski definition) is 1. The predicted octanol–water partition coefficient (Wildman–Crippen LogP) is 3.48. The highest BCUT2D eigenvalue weighted by atomic mass is 35.5. The molecule has 0 saturated heterocycles. The summed E-state index contributed by atoms with van der Waals surface area (Å²) in [6.45, 7) is 3.02. The van der Waals surface area contributed by atoms with Gasteiger partial charge in [0.05, 0.1) is 10.0 Å². The highest BCUT2D eigenvalue weighted by Gasteiger charge is 2.25. The third kappa shape index (κ3) is 3.08. The molecule has 0 bridgehead atoms. The number of hydrogen-bond acceptors (Lipinski definition) is 3. The van der Waals surface area contributed by atoms with E-state index in [9.17, 15) is 0 Å². The molecule has 1 aliphatic rings. The standard InChI is InChI=1S/C13H19Cl2N3/c1-2-18(11-5-3-10(16)4-6-11)13-12(15)7-9(14)8-17-13/h7-8,10-11H,2-6,16H2,1H3. The Balaban J connectivity index is 2.17. The number of halogens is 2. The number of pyridine rings is 1. The lowest BCUT2D eigenvalue weighted by Gasteiger charge is -2.36. The summed E-state index contributed by atoms with van der Waals surface area (Å²) < 4.78 is 0. The SMILES string of the molecule is CCN(c1ncc(Cl)cc1Cl)C1CCC(N)CC1. The van der Waals surface area contributed by atoms with Crippen LogP contribution in [0.3, 0.4) is 0 Å². The van der Waals surface area contributed by atoms with Crippen molar-refractivity contribution in [3.8, 4) is 0 Å². The third-order valence-electron chi connectivity index (χ3n) is 3.58. The molecule has 5 heteroatoms. The van der Waals surface area contributed by atoms with Crippen LogP contribution in [0.5, 0.6) is 0 Å². The van der Waals surface area contributed by atoms with E-state index in [1.807, 2.05) is 0 Å². The minimum Gasteiger partial charge on any atom is -0.353 e. The lowest BCUT2D eigenvalue weighted by Crippen LogP contribution is -2.41. The van der Waals surface area contributed by atoms with Gasteiger partial charge in [0.2, 0.25) is 0 Å². The summed E-state index contributed by atoms with van der Waals surface area (Å²) >= 11 is 12.1. The van der Waals surface area contributed by atoms with Gasteiger partial charge in [0, 0.05) is 24.8 Å². The zero-order chi connectivity index (χ0) is 13.1. The summed E-state index contributed by atoms with van der Waals surface area (Å²) in [5, 5.41) is 1.20. The quantitative estimate of drug-likeness (QED) is 0.925. The van der Waals surface area contributed by atoms with E-state index >= 15 is 0 Å². The first kappa shape index (κ1) is 13.9. The normalized spacial score (nSPS) is 24.0. The van der Waals surface area contributed by atoms with E-state index in [0.717, 1.165) is 38.0 Å². The monoisotopic (exact) mass is 287 g/mol. The molecule has 1 aliphatic carbocycles. The number of anilines is 1. The second-order valence-corrected chi connectivity index (χ2v) is 5.66. The molecule has 1 aromatic heterocycles. The van der Waals surface area contributed by atoms with Crippen LogP contribution >= 0.6 is 23.2 Å². The van der Waals surface area contributed by atoms with Crippen LogP contribution in [0.1, 0.15) is 32.6 Å². The topological polar surface area (TPSA) is 42.2 Å². The highest BCUT2D eigenvalue weighted by molar-refractivity contribution is 6.36. The van der Waals surface area contributed by atoms with Crippen LogP contribution in [0.4, 0.5) is 5.82 Å². The molecule has 0 amide bonds. The first-order valence-electron chi connectivity index (χ1n) is 6.45. The lowest BCUT2D eigenvalue weighted by molar-refractivity contribution is 0.377. The Labute approximate surface area is 118 Å². The number of aromatic nitrogens is 1. The van der Waals surface area contributed by atoms with Crippen molar-refractivity contribution in [3.63, 3.8) is 0 Å². The van der Waals surface area contributed by atoms with Gasteiger partial charge in [0.25, 0.3) is 0 Å². The van der Waals surface area contributed by atoms with Crippen molar-refractivity contribution in [2.75, 3.05) is 11.4 Å². The van der Waals surface area contributed by atoms with Gasteiger partial charge in [-0.25, -0.2) is 4.98 Å². The molecule has 0 atom stereocenters. The summed E-state index contributed by atoms with van der Waals surface area (Å²) in [6.07, 6.45) is 6.02. The second-order valence-electron chi connectivity index (χ2n) is 4.81. The van der Waals surface area contributed by atoms with E-state index in [4.69, 9.17) is 28.9 Å². The van der Waals surface area contributed by atoms with Crippen LogP contribution in [0, 0.1) is 0 Å². The zero-order valence-electron chi connectivity index (χ0n) is 10.6. The van der Waals surface area contributed by atoms with Crippen LogP contribution in [0.15, 0.2) is 12.3 Å². The third-order valence-corrected chi connectivity index (χ3v) is 4.07. The van der Waals surface area contributed by atoms with Crippen molar-refractivity contribution < 1.29 is 0 Å². The molecule has 1 aromatic rings. The Morgan fingerprint density at radius 1 is 1.33 bits per heavy atom. The molecule has 2 rings (SSSR count). The Hall–Kier alpha value is -0.510. The van der Waals surface area contributed by atoms with E-state index in [1.165, 1.54) is 0 Å². The average molecular weight is 288 g/mol. The van der Waals surface area contributed by atoms with Crippen LogP contribution in [-0.4, -0.2) is 23.6 Å². The smallest absolute Gasteiger partial charge is 0.147 e. The predicted molar refractivity (Wildman–Crippen MR) is 77.5 cm³/mol. The molecule has 1 fully saturated rings. The molecule has 0 aliphatic heterocycles. The van der Waals surface area contributed by atoms with Crippen LogP contribution in [-0.2, 0) is 0 Å². The first-order valence-corrected chi connectivity index (χ1v) is 7.20. The maximum atomic E-state index is 6.24. The van der Waals surface area contributed by atoms with Crippen molar-refractivity contribution in [2.24, 2.45) is 5.73 Å². The summed E-state index contributed by atoms with van der Waals surface area (Å²) in [4.78, 5) is 6.64. The average Bonchev–Trinajstić information content (AvgIpc) is 2.35. The van der Waals surface area contributed by atoms with Gasteiger partial charge in [-0.2, -0.15) is 0 Å². The van der Waals surface area contributed by atoms with Crippen LogP contribution in [0.2, 0.25) is 10.0 Å². The van der Waals surface area contributed by atoms with Gasteiger partial charge in [-0.15, -0.1) is 0 Å². The van der Waals surface area contributed by atoms with Gasteiger partial charge in [-0.05, 0) is 38.7 Å². The molecule has 1 heterocycles. The van der Waals surface area contributed by atoms with Gasteiger partial charge in [-0.3, -0.25) is 0 Å². The molecular formula is C13H19Cl2N3. The summed E-state index contributed by atoms with van der Waals surface area (Å²) in [7, 11) is 0. The molecule has 0 spiro atoms. The molecule has 0 aromatic carbocycles. The molecule has 18 heavy (non-hydrogen) atoms. The largest absolute Gasteiger partial charge is 0.353 e. The van der Waals surface area contributed by atoms with Crippen LogP contribution < -0.4 is 10.6 Å². The van der Waals surface area contributed by atoms with Crippen molar-refractivity contribution in [1.82, 2.24) is 4.98 Å². The fourth-order valence-electron chi connectivity index (χ4n) is 2.61. The number of nitrogens with two attached hydrogens (primary N) is 1. The Kier molecular flexibility index (Phi) is 4.71. The molecular weight excluding hydrogens is 269 g/mol. The number of nitrogens with zero attached hydrogens (tertiary/aromatic N) is 2. The maximum absolute atomic E-state index is 6.24. The van der Waals surface area contributed by atoms with Gasteiger partial charge in [-0.1, -0.05) is 23.2 Å². The summed E-state index contributed by atoms with van der Waals surface area (Å²) in [6, 6.07) is 2.59. The van der Waals surface area contributed by atoms with E-state index < -0.39 is 0 Å². The fourth-order valence-corrected chi connectivity index (χ4v) is 3.10. The maximum Gasteiger partial charge on any atom is 0.147 e. The van der Waals surface area contributed by atoms with E-state index in [-0.39, 0.29) is 0 Å². The highest BCUT2D eigenvalue weighted by Crippen LogP contribution is 2.31. The zero-order valence-corrected chi connectivity index (χ0v) is 12.1. The van der Waals surface area contributed by atoms with E-state index in [2.05, 4.69) is 16.8 Å². The number of rotatable bonds is 3. The van der Waals surface area contributed by atoms with Crippen molar-refractivity contribution in [1.29, 1.82) is 0 Å². The second kappa shape index (κ2) is 6.09. The van der Waals surface area contributed by atoms with Crippen molar-refractivity contribution in [2.45, 2.75) is 44.7 Å². The van der Waals surface area contributed by atoms with Gasteiger partial charge < -0.3 is 10.6 Å². The Bertz CT molecular complexity index is 403. The fraction of sp³-hybridized carbons (Fsp3) is 0.615. The molecule has 2 N–H and O–H groups in total. The van der Waals surface area contributed by atoms with E-state index in [0.29, 0.717) is 22.1 Å². The molecule has 0 unspecified atom stereocenters. The van der Waals surface area contributed by atoms with E-state index in [1.54, 1.807) is 12.3 Å². The van der Waals surface area contributed by atoms with Crippen LogP contribution in [0.25, 0.3) is 0 Å². The first-order chi connectivity index (χ1) is 8.61. The van der Waals surface area contributed by atoms with Gasteiger partial charge in [0.15, 0.2) is 0 Å². The van der Waals surface area contributed by atoms with Gasteiger partial charge in [0.1, 0.15) is 5.82 Å². The Morgan fingerprint density at radius 2 is 2.00 bits per heavy atom. The van der Waals surface area contributed by atoms with Crippen molar-refractivity contribution >= 4 is 29.0 Å². The summed E-state index contributed by atoms with van der Waals surface area (Å²) in [5.74, 6) is 0.837. The Morgan fingerprint density at radius 3 is 2.56 bits per heavy atom. The molecule has 1 saturated carbocycles. The molecule has 3 nitrogen and oxygen atoms in total. The lowest BCUT2D eigenvalue weighted by atomic mass is 9.90. The molecule has 100 valence electrons. The minimum absolute atomic E-state index is 0.355.